The first-order valence-electron chi connectivity index (χ1n) is 6.93. The van der Waals surface area contributed by atoms with Gasteiger partial charge in [0.15, 0.2) is 0 Å². The topological polar surface area (TPSA) is 60.6 Å². The lowest BCUT2D eigenvalue weighted by Crippen LogP contribution is -2.14. The molecular weight excluding hydrogens is 240 g/mol. The van der Waals surface area contributed by atoms with E-state index in [0.717, 1.165) is 50.5 Å². The van der Waals surface area contributed by atoms with Crippen LogP contribution in [-0.2, 0) is 26.1 Å². The highest BCUT2D eigenvalue weighted by molar-refractivity contribution is 4.93. The Labute approximate surface area is 113 Å². The number of aryl methyl sites for hydroxylation is 3. The van der Waals surface area contributed by atoms with Gasteiger partial charge in [-0.3, -0.25) is 4.68 Å². The van der Waals surface area contributed by atoms with Gasteiger partial charge in [0.1, 0.15) is 5.82 Å². The zero-order valence-corrected chi connectivity index (χ0v) is 11.7. The van der Waals surface area contributed by atoms with Gasteiger partial charge in [0.05, 0.1) is 12.2 Å². The molecule has 0 atom stereocenters. The Kier molecular flexibility index (Phi) is 5.09. The lowest BCUT2D eigenvalue weighted by Gasteiger charge is -2.05. The van der Waals surface area contributed by atoms with Crippen molar-refractivity contribution in [2.45, 2.75) is 46.3 Å². The average molecular weight is 262 g/mol. The normalized spacial score (nSPS) is 11.1. The molecule has 2 rings (SSSR count). The second-order valence-corrected chi connectivity index (χ2v) is 4.54. The Balaban J connectivity index is 1.83. The van der Waals surface area contributed by atoms with E-state index in [2.05, 4.69) is 39.0 Å². The monoisotopic (exact) mass is 262 g/mol. The van der Waals surface area contributed by atoms with E-state index in [1.165, 1.54) is 0 Å². The first-order valence-corrected chi connectivity index (χ1v) is 6.93. The molecule has 0 fully saturated rings. The van der Waals surface area contributed by atoms with Crippen molar-refractivity contribution in [3.63, 3.8) is 0 Å². The molecule has 1 N–H and O–H groups in total. The predicted molar refractivity (Wildman–Crippen MR) is 73.6 cm³/mol. The second-order valence-electron chi connectivity index (χ2n) is 4.54. The van der Waals surface area contributed by atoms with Gasteiger partial charge in [0.2, 0.25) is 0 Å². The fraction of sp³-hybridized carbons (Fsp3) is 0.615. The third kappa shape index (κ3) is 3.89. The second kappa shape index (κ2) is 7.04. The van der Waals surface area contributed by atoms with Crippen LogP contribution in [0.4, 0.5) is 0 Å². The molecular formula is C13H22N6. The van der Waals surface area contributed by atoms with Crippen LogP contribution in [0.1, 0.15) is 31.8 Å². The summed E-state index contributed by atoms with van der Waals surface area (Å²) in [6.45, 7) is 7.78. The van der Waals surface area contributed by atoms with Crippen LogP contribution in [0.5, 0.6) is 0 Å². The smallest absolute Gasteiger partial charge is 0.108 e. The molecule has 0 amide bonds. The van der Waals surface area contributed by atoms with Crippen LogP contribution in [0.25, 0.3) is 0 Å². The Bertz CT molecular complexity index is 487. The van der Waals surface area contributed by atoms with Crippen molar-refractivity contribution < 1.29 is 0 Å². The number of imidazole rings is 1. The lowest BCUT2D eigenvalue weighted by atomic mass is 10.4. The standard InChI is InChI=1S/C13H22N6/c1-3-5-14-10-12-11-19(17-16-12)9-8-18-7-6-15-13(18)4-2/h6-7,11,14H,3-5,8-10H2,1-2H3. The molecule has 0 aromatic carbocycles. The van der Waals surface area contributed by atoms with Crippen molar-refractivity contribution in [3.8, 4) is 0 Å². The van der Waals surface area contributed by atoms with Crippen LogP contribution in [0, 0.1) is 0 Å². The highest BCUT2D eigenvalue weighted by Crippen LogP contribution is 2.00. The Morgan fingerprint density at radius 1 is 1.26 bits per heavy atom. The summed E-state index contributed by atoms with van der Waals surface area (Å²) in [4.78, 5) is 4.31. The Hall–Kier alpha value is -1.69. The first kappa shape index (κ1) is 13.7. The molecule has 0 spiro atoms. The van der Waals surface area contributed by atoms with Crippen molar-refractivity contribution in [3.05, 3.63) is 30.1 Å². The minimum Gasteiger partial charge on any atom is -0.333 e. The van der Waals surface area contributed by atoms with Crippen molar-refractivity contribution in [2.75, 3.05) is 6.54 Å². The highest BCUT2D eigenvalue weighted by atomic mass is 15.4. The minimum absolute atomic E-state index is 0.791. The molecule has 0 aliphatic rings. The summed E-state index contributed by atoms with van der Waals surface area (Å²) >= 11 is 0. The van der Waals surface area contributed by atoms with Gasteiger partial charge in [-0.05, 0) is 13.0 Å². The molecule has 0 radical (unpaired) electrons. The van der Waals surface area contributed by atoms with Crippen LogP contribution in [0.15, 0.2) is 18.6 Å². The molecule has 0 unspecified atom stereocenters. The van der Waals surface area contributed by atoms with Gasteiger partial charge in [-0.25, -0.2) is 4.98 Å². The molecule has 0 saturated heterocycles. The van der Waals surface area contributed by atoms with E-state index >= 15 is 0 Å². The maximum atomic E-state index is 4.31. The summed E-state index contributed by atoms with van der Waals surface area (Å²) in [5.41, 5.74) is 0.995. The third-order valence-electron chi connectivity index (χ3n) is 3.01. The number of aromatic nitrogens is 5. The molecule has 2 aromatic heterocycles. The largest absolute Gasteiger partial charge is 0.333 e. The molecule has 0 saturated carbocycles. The molecule has 2 aromatic rings. The van der Waals surface area contributed by atoms with E-state index in [1.54, 1.807) is 0 Å². The van der Waals surface area contributed by atoms with Crippen molar-refractivity contribution in [2.24, 2.45) is 0 Å². The number of rotatable bonds is 8. The quantitative estimate of drug-likeness (QED) is 0.727. The van der Waals surface area contributed by atoms with Gasteiger partial charge >= 0.3 is 0 Å². The fourth-order valence-electron chi connectivity index (χ4n) is 1.99. The summed E-state index contributed by atoms with van der Waals surface area (Å²) in [6.07, 6.45) is 7.95. The third-order valence-corrected chi connectivity index (χ3v) is 3.01. The highest BCUT2D eigenvalue weighted by Gasteiger charge is 2.03. The van der Waals surface area contributed by atoms with Gasteiger partial charge in [0.25, 0.3) is 0 Å². The van der Waals surface area contributed by atoms with E-state index in [1.807, 2.05) is 23.3 Å². The summed E-state index contributed by atoms with van der Waals surface area (Å²) in [7, 11) is 0. The summed E-state index contributed by atoms with van der Waals surface area (Å²) in [6, 6.07) is 0. The maximum absolute atomic E-state index is 4.31. The van der Waals surface area contributed by atoms with Crippen LogP contribution >= 0.6 is 0 Å². The molecule has 6 heteroatoms. The van der Waals surface area contributed by atoms with Crippen LogP contribution < -0.4 is 5.32 Å². The van der Waals surface area contributed by atoms with E-state index in [4.69, 9.17) is 0 Å². The SMILES string of the molecule is CCCNCc1cn(CCn2ccnc2CC)nn1. The molecule has 104 valence electrons. The average Bonchev–Trinajstić information content (AvgIpc) is 3.05. The first-order chi connectivity index (χ1) is 9.33. The van der Waals surface area contributed by atoms with Gasteiger partial charge in [-0.1, -0.05) is 19.1 Å². The molecule has 0 aliphatic heterocycles. The van der Waals surface area contributed by atoms with Crippen molar-refractivity contribution in [1.82, 2.24) is 29.9 Å². The lowest BCUT2D eigenvalue weighted by molar-refractivity contribution is 0.509. The van der Waals surface area contributed by atoms with Crippen molar-refractivity contribution in [1.29, 1.82) is 0 Å². The van der Waals surface area contributed by atoms with Crippen LogP contribution in [0.3, 0.4) is 0 Å². The van der Waals surface area contributed by atoms with E-state index in [-0.39, 0.29) is 0 Å². The fourth-order valence-corrected chi connectivity index (χ4v) is 1.99. The van der Waals surface area contributed by atoms with Crippen LogP contribution in [-0.4, -0.2) is 31.1 Å². The summed E-state index contributed by atoms with van der Waals surface area (Å²) in [5.74, 6) is 1.12. The number of hydrogen-bond donors (Lipinski definition) is 1. The Morgan fingerprint density at radius 3 is 2.95 bits per heavy atom. The number of nitrogens with one attached hydrogen (secondary N) is 1. The van der Waals surface area contributed by atoms with Crippen molar-refractivity contribution >= 4 is 0 Å². The summed E-state index contributed by atoms with van der Waals surface area (Å²) in [5, 5.41) is 11.6. The molecule has 6 nitrogen and oxygen atoms in total. The van der Waals surface area contributed by atoms with E-state index in [0.29, 0.717) is 0 Å². The van der Waals surface area contributed by atoms with Gasteiger partial charge in [-0.15, -0.1) is 5.10 Å². The minimum atomic E-state index is 0.791. The van der Waals surface area contributed by atoms with E-state index < -0.39 is 0 Å². The Morgan fingerprint density at radius 2 is 2.16 bits per heavy atom. The number of nitrogens with zero attached hydrogens (tertiary/aromatic N) is 5. The molecule has 2 heterocycles. The predicted octanol–water partition coefficient (Wildman–Crippen LogP) is 1.24. The zero-order chi connectivity index (χ0) is 13.5. The van der Waals surface area contributed by atoms with Gasteiger partial charge in [0, 0.05) is 38.1 Å². The summed E-state index contributed by atoms with van der Waals surface area (Å²) < 4.78 is 4.05. The molecule has 19 heavy (non-hydrogen) atoms. The maximum Gasteiger partial charge on any atom is 0.108 e. The van der Waals surface area contributed by atoms with E-state index in [9.17, 15) is 0 Å². The molecule has 0 bridgehead atoms. The number of hydrogen-bond acceptors (Lipinski definition) is 4. The molecule has 0 aliphatic carbocycles. The van der Waals surface area contributed by atoms with Crippen LogP contribution in [0.2, 0.25) is 0 Å². The zero-order valence-electron chi connectivity index (χ0n) is 11.7. The van der Waals surface area contributed by atoms with Gasteiger partial charge < -0.3 is 9.88 Å². The van der Waals surface area contributed by atoms with Gasteiger partial charge in [-0.2, -0.15) is 0 Å².